The first-order valence-electron chi connectivity index (χ1n) is 10.0. The Morgan fingerprint density at radius 1 is 1.25 bits per heavy atom. The van der Waals surface area contributed by atoms with E-state index in [1.807, 2.05) is 18.2 Å². The van der Waals surface area contributed by atoms with Gasteiger partial charge in [-0.25, -0.2) is 4.39 Å². The van der Waals surface area contributed by atoms with Crippen LogP contribution >= 0.6 is 0 Å². The lowest BCUT2D eigenvalue weighted by atomic mass is 10.1. The third kappa shape index (κ3) is 5.80. The smallest absolute Gasteiger partial charge is 0.254 e. The van der Waals surface area contributed by atoms with E-state index in [1.54, 1.807) is 23.1 Å². The van der Waals surface area contributed by atoms with E-state index in [9.17, 15) is 9.18 Å². The van der Waals surface area contributed by atoms with Gasteiger partial charge in [-0.2, -0.15) is 0 Å². The van der Waals surface area contributed by atoms with Gasteiger partial charge in [0, 0.05) is 25.3 Å². The molecule has 4 nitrogen and oxygen atoms in total. The van der Waals surface area contributed by atoms with Crippen LogP contribution in [0.15, 0.2) is 48.5 Å². The number of halogens is 1. The fourth-order valence-corrected chi connectivity index (χ4v) is 3.30. The Kier molecular flexibility index (Phi) is 7.43. The van der Waals surface area contributed by atoms with Crippen LogP contribution in [0.25, 0.3) is 0 Å². The van der Waals surface area contributed by atoms with E-state index in [4.69, 9.17) is 9.47 Å². The van der Waals surface area contributed by atoms with Crippen molar-refractivity contribution in [3.05, 3.63) is 65.5 Å². The van der Waals surface area contributed by atoms with E-state index >= 15 is 0 Å². The Labute approximate surface area is 166 Å². The van der Waals surface area contributed by atoms with Crippen LogP contribution in [0, 0.1) is 5.82 Å². The van der Waals surface area contributed by atoms with Crippen LogP contribution < -0.4 is 4.74 Å². The number of benzene rings is 2. The fourth-order valence-electron chi connectivity index (χ4n) is 3.30. The van der Waals surface area contributed by atoms with Crippen molar-refractivity contribution in [3.63, 3.8) is 0 Å². The fraction of sp³-hybridized carbons (Fsp3) is 0.435. The maximum absolute atomic E-state index is 13.2. The number of hydrogen-bond acceptors (Lipinski definition) is 3. The molecule has 0 radical (unpaired) electrons. The van der Waals surface area contributed by atoms with Crippen molar-refractivity contribution in [1.82, 2.24) is 4.90 Å². The molecule has 0 N–H and O–H groups in total. The van der Waals surface area contributed by atoms with Gasteiger partial charge < -0.3 is 14.4 Å². The normalized spacial score (nSPS) is 16.1. The van der Waals surface area contributed by atoms with Gasteiger partial charge in [-0.05, 0) is 55.2 Å². The number of hydrogen-bond donors (Lipinski definition) is 0. The molecule has 1 saturated heterocycles. The van der Waals surface area contributed by atoms with Crippen molar-refractivity contribution in [1.29, 1.82) is 0 Å². The molecule has 1 amide bonds. The third-order valence-corrected chi connectivity index (χ3v) is 4.87. The molecule has 0 aliphatic carbocycles. The first kappa shape index (κ1) is 20.3. The predicted octanol–water partition coefficient (Wildman–Crippen LogP) is 4.83. The largest absolute Gasteiger partial charge is 0.494 e. The summed E-state index contributed by atoms with van der Waals surface area (Å²) in [5.74, 6) is 0.358. The molecule has 1 atom stereocenters. The number of nitrogens with zero attached hydrogens (tertiary/aromatic N) is 1. The molecule has 1 heterocycles. The Morgan fingerprint density at radius 2 is 2.07 bits per heavy atom. The Morgan fingerprint density at radius 3 is 2.79 bits per heavy atom. The first-order valence-corrected chi connectivity index (χ1v) is 10.0. The molecule has 1 fully saturated rings. The predicted molar refractivity (Wildman–Crippen MR) is 107 cm³/mol. The van der Waals surface area contributed by atoms with Crippen molar-refractivity contribution in [2.75, 3.05) is 19.8 Å². The zero-order chi connectivity index (χ0) is 19.8. The number of carbonyl (C=O) groups is 1. The molecule has 5 heteroatoms. The molecular formula is C23H28FNO3. The van der Waals surface area contributed by atoms with E-state index in [0.717, 1.165) is 37.9 Å². The van der Waals surface area contributed by atoms with Gasteiger partial charge in [-0.3, -0.25) is 4.79 Å². The maximum atomic E-state index is 13.2. The van der Waals surface area contributed by atoms with E-state index < -0.39 is 0 Å². The molecule has 0 spiro atoms. The molecule has 0 saturated carbocycles. The van der Waals surface area contributed by atoms with E-state index in [1.165, 1.54) is 12.1 Å². The van der Waals surface area contributed by atoms with Crippen molar-refractivity contribution >= 4 is 5.91 Å². The highest BCUT2D eigenvalue weighted by atomic mass is 19.1. The van der Waals surface area contributed by atoms with Crippen LogP contribution in [0.1, 0.15) is 48.5 Å². The molecule has 150 valence electrons. The minimum Gasteiger partial charge on any atom is -0.494 e. The number of rotatable bonds is 9. The lowest BCUT2D eigenvalue weighted by Crippen LogP contribution is -2.37. The molecule has 1 unspecified atom stereocenters. The zero-order valence-electron chi connectivity index (χ0n) is 16.4. The van der Waals surface area contributed by atoms with Crippen molar-refractivity contribution in [2.24, 2.45) is 0 Å². The van der Waals surface area contributed by atoms with Crippen LogP contribution in [0.4, 0.5) is 4.39 Å². The highest BCUT2D eigenvalue weighted by Gasteiger charge is 2.24. The minimum absolute atomic E-state index is 0.0494. The van der Waals surface area contributed by atoms with Gasteiger partial charge in [0.2, 0.25) is 0 Å². The lowest BCUT2D eigenvalue weighted by molar-refractivity contribution is 0.0507. The number of carbonyl (C=O) groups excluding carboxylic acids is 1. The second-order valence-electron chi connectivity index (χ2n) is 7.18. The maximum Gasteiger partial charge on any atom is 0.254 e. The van der Waals surface area contributed by atoms with Crippen LogP contribution in [0.2, 0.25) is 0 Å². The summed E-state index contributed by atoms with van der Waals surface area (Å²) < 4.78 is 24.7. The van der Waals surface area contributed by atoms with Gasteiger partial charge in [-0.1, -0.05) is 31.5 Å². The minimum atomic E-state index is -0.280. The average Bonchev–Trinajstić information content (AvgIpc) is 3.22. The zero-order valence-corrected chi connectivity index (χ0v) is 16.4. The summed E-state index contributed by atoms with van der Waals surface area (Å²) in [5.41, 5.74) is 1.48. The standard InChI is InChI=1S/C23H28FNO3/c1-2-3-13-27-21-7-4-6-19(15-21)23(26)25(17-22-8-5-14-28-22)16-18-9-11-20(24)12-10-18/h4,6-7,9-12,15,22H,2-3,5,8,13-14,16-17H2,1H3. The average molecular weight is 385 g/mol. The number of ether oxygens (including phenoxy) is 2. The summed E-state index contributed by atoms with van der Waals surface area (Å²) in [6.07, 6.45) is 4.06. The van der Waals surface area contributed by atoms with Gasteiger partial charge in [0.05, 0.1) is 12.7 Å². The summed E-state index contributed by atoms with van der Waals surface area (Å²) >= 11 is 0. The molecule has 0 aromatic heterocycles. The van der Waals surface area contributed by atoms with Gasteiger partial charge in [-0.15, -0.1) is 0 Å². The van der Waals surface area contributed by atoms with Crippen molar-refractivity contribution in [2.45, 2.75) is 45.3 Å². The topological polar surface area (TPSA) is 38.8 Å². The summed E-state index contributed by atoms with van der Waals surface area (Å²) in [5, 5.41) is 0. The molecule has 0 bridgehead atoms. The number of unbranched alkanes of at least 4 members (excludes halogenated alkanes) is 1. The van der Waals surface area contributed by atoms with Gasteiger partial charge in [0.25, 0.3) is 5.91 Å². The van der Waals surface area contributed by atoms with E-state index in [-0.39, 0.29) is 17.8 Å². The molecular weight excluding hydrogens is 357 g/mol. The highest BCUT2D eigenvalue weighted by molar-refractivity contribution is 5.94. The first-order chi connectivity index (χ1) is 13.7. The van der Waals surface area contributed by atoms with Crippen LogP contribution in [-0.2, 0) is 11.3 Å². The molecule has 2 aromatic rings. The second-order valence-corrected chi connectivity index (χ2v) is 7.18. The van der Waals surface area contributed by atoms with Crippen molar-refractivity contribution in [3.8, 4) is 5.75 Å². The summed E-state index contributed by atoms with van der Waals surface area (Å²) in [6.45, 7) is 4.44. The van der Waals surface area contributed by atoms with Crippen LogP contribution in [0.3, 0.4) is 0 Å². The summed E-state index contributed by atoms with van der Waals surface area (Å²) in [6, 6.07) is 13.6. The Bertz CT molecular complexity index is 757. The van der Waals surface area contributed by atoms with Crippen LogP contribution in [-0.4, -0.2) is 36.7 Å². The highest BCUT2D eigenvalue weighted by Crippen LogP contribution is 2.20. The third-order valence-electron chi connectivity index (χ3n) is 4.87. The molecule has 1 aliphatic rings. The number of amides is 1. The summed E-state index contributed by atoms with van der Waals surface area (Å²) in [7, 11) is 0. The van der Waals surface area contributed by atoms with Gasteiger partial charge in [0.15, 0.2) is 0 Å². The molecule has 28 heavy (non-hydrogen) atoms. The Hall–Kier alpha value is -2.40. The van der Waals surface area contributed by atoms with Crippen molar-refractivity contribution < 1.29 is 18.7 Å². The SMILES string of the molecule is CCCCOc1cccc(C(=O)N(Cc2ccc(F)cc2)CC2CCCO2)c1. The van der Waals surface area contributed by atoms with Gasteiger partial charge in [0.1, 0.15) is 11.6 Å². The molecule has 1 aliphatic heterocycles. The van der Waals surface area contributed by atoms with E-state index in [2.05, 4.69) is 6.92 Å². The van der Waals surface area contributed by atoms with Gasteiger partial charge >= 0.3 is 0 Å². The Balaban J connectivity index is 1.75. The molecule has 3 rings (SSSR count). The molecule has 2 aromatic carbocycles. The van der Waals surface area contributed by atoms with Crippen LogP contribution in [0.5, 0.6) is 5.75 Å². The quantitative estimate of drug-likeness (QED) is 0.581. The second kappa shape index (κ2) is 10.2. The monoisotopic (exact) mass is 385 g/mol. The van der Waals surface area contributed by atoms with E-state index in [0.29, 0.717) is 31.0 Å². The summed E-state index contributed by atoms with van der Waals surface area (Å²) in [4.78, 5) is 15.0. The lowest BCUT2D eigenvalue weighted by Gasteiger charge is -2.26.